The van der Waals surface area contributed by atoms with Crippen LogP contribution in [0.15, 0.2) is 53.5 Å². The van der Waals surface area contributed by atoms with Crippen molar-refractivity contribution in [2.45, 2.75) is 58.7 Å². The lowest BCUT2D eigenvalue weighted by atomic mass is 9.84. The molecule has 2 aromatic heterocycles. The van der Waals surface area contributed by atoms with Crippen molar-refractivity contribution in [2.75, 3.05) is 21.2 Å². The first kappa shape index (κ1) is 31.3. The number of likely N-dealkylation sites (N-methyl/N-ethyl adjacent to an activating group) is 1. The number of carbonyl (C=O) groups excluding carboxylic acids is 3. The second-order valence-corrected chi connectivity index (χ2v) is 11.2. The van der Waals surface area contributed by atoms with Crippen LogP contribution in [-0.4, -0.2) is 69.6 Å². The Labute approximate surface area is 239 Å². The molecule has 3 N–H and O–H groups in total. The molecule has 0 saturated heterocycles. The van der Waals surface area contributed by atoms with Gasteiger partial charge >= 0.3 is 6.09 Å². The maximum Gasteiger partial charge on any atom is 0.407 e. The first-order valence-electron chi connectivity index (χ1n) is 13.4. The van der Waals surface area contributed by atoms with Gasteiger partial charge in [-0.2, -0.15) is 0 Å². The maximum atomic E-state index is 13.3. The van der Waals surface area contributed by atoms with Crippen LogP contribution in [0.25, 0.3) is 11.0 Å². The van der Waals surface area contributed by atoms with Crippen LogP contribution in [0.3, 0.4) is 0 Å². The number of alkyl carbamates (subject to hydrolysis) is 1. The van der Waals surface area contributed by atoms with Gasteiger partial charge in [-0.15, -0.1) is 0 Å². The van der Waals surface area contributed by atoms with Gasteiger partial charge in [-0.25, -0.2) is 9.78 Å². The minimum Gasteiger partial charge on any atom is -0.453 e. The van der Waals surface area contributed by atoms with Gasteiger partial charge < -0.3 is 29.6 Å². The number of aromatic nitrogens is 3. The molecule has 2 heterocycles. The third kappa shape index (κ3) is 8.14. The lowest BCUT2D eigenvalue weighted by molar-refractivity contribution is -0.123. The molecule has 1 aromatic carbocycles. The highest BCUT2D eigenvalue weighted by Gasteiger charge is 2.27. The number of fused-ring (bicyclic) bond motifs is 1. The maximum absolute atomic E-state index is 13.3. The Kier molecular flexibility index (Phi) is 10.2. The standard InChI is InChI=1S/C30H39N5O6/c1-30(2,3)27(38)20-12-9-14-22-26(20)33-24(31-22)18-35-16-10-11-19(28(35)39)17-23(36)21(32-29(40)41-6)13-7-8-15-25(37)34(4)5/h8-12,14-16,21,27,38H,7,13,17-18H2,1-6H3,(H,31,33)(H,32,40)/b15-8+/t21-,27?/m0/s1. The molecule has 0 aliphatic heterocycles. The lowest BCUT2D eigenvalue weighted by Gasteiger charge is -2.26. The van der Waals surface area contributed by atoms with Crippen LogP contribution >= 0.6 is 0 Å². The topological polar surface area (TPSA) is 147 Å². The molecule has 11 heteroatoms. The number of ketones is 1. The van der Waals surface area contributed by atoms with E-state index >= 15 is 0 Å². The fourth-order valence-electron chi connectivity index (χ4n) is 4.30. The van der Waals surface area contributed by atoms with E-state index < -0.39 is 18.2 Å². The number of ether oxygens (including phenoxy) is 1. The average Bonchev–Trinajstić information content (AvgIpc) is 3.33. The fourth-order valence-corrected chi connectivity index (χ4v) is 4.30. The van der Waals surface area contributed by atoms with Crippen molar-refractivity contribution < 1.29 is 24.2 Å². The van der Waals surface area contributed by atoms with Gasteiger partial charge in [-0.3, -0.25) is 14.4 Å². The van der Waals surface area contributed by atoms with Crippen LogP contribution in [0.4, 0.5) is 4.79 Å². The highest BCUT2D eigenvalue weighted by Crippen LogP contribution is 2.35. The zero-order valence-electron chi connectivity index (χ0n) is 24.4. The summed E-state index contributed by atoms with van der Waals surface area (Å²) in [4.78, 5) is 59.4. The molecule has 11 nitrogen and oxygen atoms in total. The third-order valence-electron chi connectivity index (χ3n) is 6.68. The van der Waals surface area contributed by atoms with E-state index in [9.17, 15) is 24.3 Å². The van der Waals surface area contributed by atoms with Crippen molar-refractivity contribution in [1.82, 2.24) is 24.8 Å². The summed E-state index contributed by atoms with van der Waals surface area (Å²) >= 11 is 0. The van der Waals surface area contributed by atoms with E-state index in [1.165, 1.54) is 22.7 Å². The number of allylic oxidation sites excluding steroid dienone is 1. The number of aliphatic hydroxyl groups excluding tert-OH is 1. The first-order valence-corrected chi connectivity index (χ1v) is 13.4. The van der Waals surface area contributed by atoms with E-state index in [1.807, 2.05) is 39.0 Å². The number of aromatic amines is 1. The van der Waals surface area contributed by atoms with Gasteiger partial charge in [0.1, 0.15) is 5.82 Å². The van der Waals surface area contributed by atoms with E-state index in [0.717, 1.165) is 5.52 Å². The number of imidazole rings is 1. The van der Waals surface area contributed by atoms with Crippen LogP contribution in [0.1, 0.15) is 56.7 Å². The molecule has 220 valence electrons. The minimum absolute atomic E-state index is 0.134. The quantitative estimate of drug-likeness (QED) is 0.303. The monoisotopic (exact) mass is 565 g/mol. The smallest absolute Gasteiger partial charge is 0.407 e. The zero-order valence-corrected chi connectivity index (χ0v) is 24.4. The molecule has 41 heavy (non-hydrogen) atoms. The number of amides is 2. The Hall–Kier alpha value is -4.25. The van der Waals surface area contributed by atoms with E-state index in [4.69, 9.17) is 0 Å². The third-order valence-corrected chi connectivity index (χ3v) is 6.68. The summed E-state index contributed by atoms with van der Waals surface area (Å²) in [5, 5.41) is 13.4. The van der Waals surface area contributed by atoms with Gasteiger partial charge in [0.2, 0.25) is 5.91 Å². The number of aliphatic hydroxyl groups is 1. The number of pyridine rings is 1. The van der Waals surface area contributed by atoms with Gasteiger partial charge in [-0.1, -0.05) is 45.0 Å². The van der Waals surface area contributed by atoms with Gasteiger partial charge in [0.15, 0.2) is 5.78 Å². The Morgan fingerprint density at radius 1 is 1.20 bits per heavy atom. The van der Waals surface area contributed by atoms with Crippen LogP contribution < -0.4 is 10.9 Å². The number of carbonyl (C=O) groups is 3. The number of methoxy groups -OCH3 is 1. The van der Waals surface area contributed by atoms with Crippen molar-refractivity contribution in [3.63, 3.8) is 0 Å². The molecule has 0 fully saturated rings. The molecule has 0 aliphatic carbocycles. The predicted molar refractivity (Wildman–Crippen MR) is 155 cm³/mol. The predicted octanol–water partition coefficient (Wildman–Crippen LogP) is 3.11. The lowest BCUT2D eigenvalue weighted by Crippen LogP contribution is -2.42. The van der Waals surface area contributed by atoms with Crippen LogP contribution in [-0.2, 0) is 27.3 Å². The highest BCUT2D eigenvalue weighted by molar-refractivity contribution is 5.89. The summed E-state index contributed by atoms with van der Waals surface area (Å²) in [6, 6.07) is 7.91. The summed E-state index contributed by atoms with van der Waals surface area (Å²) in [6.07, 6.45) is 3.56. The van der Waals surface area contributed by atoms with Crippen molar-refractivity contribution in [1.29, 1.82) is 0 Å². The zero-order chi connectivity index (χ0) is 30.3. The molecule has 0 radical (unpaired) electrons. The van der Waals surface area contributed by atoms with Crippen LogP contribution in [0.2, 0.25) is 0 Å². The number of hydrogen-bond acceptors (Lipinski definition) is 7. The normalized spacial score (nSPS) is 13.2. The summed E-state index contributed by atoms with van der Waals surface area (Å²) in [5.74, 6) is -0.0183. The van der Waals surface area contributed by atoms with E-state index in [2.05, 4.69) is 20.0 Å². The van der Waals surface area contributed by atoms with E-state index in [1.54, 1.807) is 38.5 Å². The largest absolute Gasteiger partial charge is 0.453 e. The molecule has 3 aromatic rings. The molecule has 2 amide bonds. The minimum atomic E-state index is -0.905. The molecule has 1 unspecified atom stereocenters. The van der Waals surface area contributed by atoms with Crippen molar-refractivity contribution >= 4 is 28.8 Å². The van der Waals surface area contributed by atoms with Crippen molar-refractivity contribution in [2.24, 2.45) is 5.41 Å². The Balaban J connectivity index is 1.79. The number of Topliss-reactive ketones (excluding diaryl/α,β-unsaturated/α-hetero) is 1. The van der Waals surface area contributed by atoms with E-state index in [-0.39, 0.29) is 47.6 Å². The van der Waals surface area contributed by atoms with Crippen LogP contribution in [0.5, 0.6) is 0 Å². The number of hydrogen-bond donors (Lipinski definition) is 3. The highest BCUT2D eigenvalue weighted by atomic mass is 16.5. The molecular weight excluding hydrogens is 526 g/mol. The summed E-state index contributed by atoms with van der Waals surface area (Å²) < 4.78 is 6.12. The van der Waals surface area contributed by atoms with Gasteiger partial charge in [0, 0.05) is 37.8 Å². The SMILES string of the molecule is COC(=O)N[C@@H](CC/C=C/C(=O)N(C)C)C(=O)Cc1cccn(Cc2nc3c(C(O)C(C)(C)C)cccc3[nH]2)c1=O. The Morgan fingerprint density at radius 3 is 2.59 bits per heavy atom. The first-order chi connectivity index (χ1) is 19.3. The molecular formula is C30H39N5O6. The fraction of sp³-hybridized carbons (Fsp3) is 0.433. The summed E-state index contributed by atoms with van der Waals surface area (Å²) in [7, 11) is 4.47. The van der Waals surface area contributed by atoms with E-state index in [0.29, 0.717) is 23.3 Å². The van der Waals surface area contributed by atoms with Gasteiger partial charge in [0.25, 0.3) is 5.56 Å². The Bertz CT molecular complexity index is 1480. The number of H-pyrrole nitrogens is 1. The molecule has 3 rings (SSSR count). The number of rotatable bonds is 11. The number of para-hydroxylation sites is 1. The average molecular weight is 566 g/mol. The van der Waals surface area contributed by atoms with Crippen molar-refractivity contribution in [3.8, 4) is 0 Å². The second-order valence-electron chi connectivity index (χ2n) is 11.2. The second kappa shape index (κ2) is 13.4. The molecule has 0 aliphatic rings. The Morgan fingerprint density at radius 2 is 1.93 bits per heavy atom. The molecule has 2 atom stereocenters. The van der Waals surface area contributed by atoms with Crippen LogP contribution in [0, 0.1) is 5.41 Å². The molecule has 0 saturated carbocycles. The number of benzene rings is 1. The van der Waals surface area contributed by atoms with Gasteiger partial charge in [0.05, 0.1) is 36.8 Å². The number of nitrogens with zero attached hydrogens (tertiary/aromatic N) is 3. The summed E-state index contributed by atoms with van der Waals surface area (Å²) in [6.45, 7) is 5.98. The van der Waals surface area contributed by atoms with Gasteiger partial charge in [-0.05, 0) is 36.5 Å². The molecule has 0 spiro atoms. The van der Waals surface area contributed by atoms with Crippen molar-refractivity contribution in [3.05, 3.63) is 76.0 Å². The molecule has 0 bridgehead atoms. The summed E-state index contributed by atoms with van der Waals surface area (Å²) in [5.41, 5.74) is 1.62. The number of nitrogens with one attached hydrogen (secondary N) is 2.